The molecule has 100 valence electrons. The van der Waals surface area contributed by atoms with E-state index >= 15 is 0 Å². The smallest absolute Gasteiger partial charge is 0.0485 e. The van der Waals surface area contributed by atoms with Crippen LogP contribution in [-0.2, 0) is 4.74 Å². The molecule has 1 atom stereocenters. The van der Waals surface area contributed by atoms with Gasteiger partial charge in [-0.2, -0.15) is 0 Å². The van der Waals surface area contributed by atoms with Crippen LogP contribution in [0.4, 0.5) is 5.69 Å². The Balaban J connectivity index is 1.80. The fourth-order valence-corrected chi connectivity index (χ4v) is 3.29. The summed E-state index contributed by atoms with van der Waals surface area (Å²) >= 11 is 1.79. The van der Waals surface area contributed by atoms with E-state index in [0.717, 1.165) is 26.1 Å². The first-order valence-corrected chi connectivity index (χ1v) is 7.78. The number of thiophene rings is 1. The van der Waals surface area contributed by atoms with Gasteiger partial charge in [0.05, 0.1) is 0 Å². The molecular formula is C16H19NOS. The lowest BCUT2D eigenvalue weighted by Gasteiger charge is -2.19. The SMILES string of the molecule is c1csc(-c2ccccc2NC2CCCOCC2)c1. The summed E-state index contributed by atoms with van der Waals surface area (Å²) in [5.74, 6) is 0. The highest BCUT2D eigenvalue weighted by atomic mass is 32.1. The maximum absolute atomic E-state index is 5.53. The maximum atomic E-state index is 5.53. The Morgan fingerprint density at radius 3 is 2.89 bits per heavy atom. The summed E-state index contributed by atoms with van der Waals surface area (Å²) in [6.45, 7) is 1.78. The lowest BCUT2D eigenvalue weighted by atomic mass is 10.1. The van der Waals surface area contributed by atoms with Crippen molar-refractivity contribution in [3.8, 4) is 10.4 Å². The van der Waals surface area contributed by atoms with Crippen molar-refractivity contribution in [1.29, 1.82) is 0 Å². The van der Waals surface area contributed by atoms with Crippen molar-refractivity contribution < 1.29 is 4.74 Å². The molecule has 1 N–H and O–H groups in total. The van der Waals surface area contributed by atoms with Crippen LogP contribution in [0.25, 0.3) is 10.4 Å². The summed E-state index contributed by atoms with van der Waals surface area (Å²) in [5.41, 5.74) is 2.56. The van der Waals surface area contributed by atoms with Crippen LogP contribution in [0.1, 0.15) is 19.3 Å². The predicted octanol–water partition coefficient (Wildman–Crippen LogP) is 4.40. The highest BCUT2D eigenvalue weighted by Gasteiger charge is 2.14. The Morgan fingerprint density at radius 2 is 2.00 bits per heavy atom. The summed E-state index contributed by atoms with van der Waals surface area (Å²) in [6.07, 6.45) is 3.44. The van der Waals surface area contributed by atoms with Crippen LogP contribution < -0.4 is 5.32 Å². The molecule has 0 spiro atoms. The zero-order chi connectivity index (χ0) is 12.9. The van der Waals surface area contributed by atoms with Crippen molar-refractivity contribution in [2.45, 2.75) is 25.3 Å². The molecule has 0 aliphatic carbocycles. The Morgan fingerprint density at radius 1 is 1.05 bits per heavy atom. The standard InChI is InChI=1S/C16H19NOS/c1-2-7-15(14(6-1)16-8-4-12-19-16)17-13-5-3-10-18-11-9-13/h1-2,4,6-8,12-13,17H,3,5,9-11H2. The van der Waals surface area contributed by atoms with Crippen LogP contribution in [-0.4, -0.2) is 19.3 Å². The highest BCUT2D eigenvalue weighted by molar-refractivity contribution is 7.13. The van der Waals surface area contributed by atoms with E-state index in [2.05, 4.69) is 47.1 Å². The third-order valence-corrected chi connectivity index (χ3v) is 4.43. The molecule has 1 fully saturated rings. The Kier molecular flexibility index (Phi) is 4.16. The van der Waals surface area contributed by atoms with Crippen LogP contribution in [0.2, 0.25) is 0 Å². The average molecular weight is 273 g/mol. The van der Waals surface area contributed by atoms with Gasteiger partial charge < -0.3 is 10.1 Å². The predicted molar refractivity (Wildman–Crippen MR) is 81.8 cm³/mol. The molecule has 0 radical (unpaired) electrons. The molecule has 1 aromatic heterocycles. The first-order valence-electron chi connectivity index (χ1n) is 6.91. The lowest BCUT2D eigenvalue weighted by Crippen LogP contribution is -2.19. The first-order chi connectivity index (χ1) is 9.43. The van der Waals surface area contributed by atoms with E-state index < -0.39 is 0 Å². The van der Waals surface area contributed by atoms with E-state index in [4.69, 9.17) is 4.74 Å². The van der Waals surface area contributed by atoms with Crippen LogP contribution in [0.5, 0.6) is 0 Å². The van der Waals surface area contributed by atoms with Gasteiger partial charge in [-0.05, 0) is 36.8 Å². The fourth-order valence-electron chi connectivity index (χ4n) is 2.52. The Bertz CT molecular complexity index is 501. The number of para-hydroxylation sites is 1. The van der Waals surface area contributed by atoms with Crippen molar-refractivity contribution in [2.24, 2.45) is 0 Å². The van der Waals surface area contributed by atoms with Gasteiger partial charge in [0.25, 0.3) is 0 Å². The molecule has 3 heteroatoms. The van der Waals surface area contributed by atoms with E-state index in [1.54, 1.807) is 11.3 Å². The van der Waals surface area contributed by atoms with Crippen molar-refractivity contribution >= 4 is 17.0 Å². The second-order valence-electron chi connectivity index (χ2n) is 4.91. The van der Waals surface area contributed by atoms with Crippen LogP contribution >= 0.6 is 11.3 Å². The quantitative estimate of drug-likeness (QED) is 0.895. The van der Waals surface area contributed by atoms with Gasteiger partial charge in [0.1, 0.15) is 0 Å². The number of ether oxygens (including phenoxy) is 1. The Hall–Kier alpha value is -1.32. The second kappa shape index (κ2) is 6.22. The molecule has 3 rings (SSSR count). The number of benzene rings is 1. The molecule has 1 saturated heterocycles. The largest absolute Gasteiger partial charge is 0.382 e. The number of hydrogen-bond donors (Lipinski definition) is 1. The molecule has 2 aromatic rings. The topological polar surface area (TPSA) is 21.3 Å². The van der Waals surface area contributed by atoms with Crippen molar-refractivity contribution in [3.63, 3.8) is 0 Å². The minimum absolute atomic E-state index is 0.531. The highest BCUT2D eigenvalue weighted by Crippen LogP contribution is 2.32. The molecule has 19 heavy (non-hydrogen) atoms. The van der Waals surface area contributed by atoms with E-state index in [1.807, 2.05) is 0 Å². The Labute approximate surface area is 118 Å². The molecular weight excluding hydrogens is 254 g/mol. The summed E-state index contributed by atoms with van der Waals surface area (Å²) in [4.78, 5) is 1.33. The zero-order valence-electron chi connectivity index (χ0n) is 11.0. The van der Waals surface area contributed by atoms with Crippen LogP contribution in [0, 0.1) is 0 Å². The number of nitrogens with one attached hydrogen (secondary N) is 1. The summed E-state index contributed by atoms with van der Waals surface area (Å²) in [5, 5.41) is 5.83. The lowest BCUT2D eigenvalue weighted by molar-refractivity contribution is 0.144. The van der Waals surface area contributed by atoms with Crippen molar-refractivity contribution in [2.75, 3.05) is 18.5 Å². The van der Waals surface area contributed by atoms with Gasteiger partial charge in [0.2, 0.25) is 0 Å². The maximum Gasteiger partial charge on any atom is 0.0485 e. The zero-order valence-corrected chi connectivity index (χ0v) is 11.8. The average Bonchev–Trinajstić information content (AvgIpc) is 2.85. The molecule has 2 heterocycles. The van der Waals surface area contributed by atoms with Gasteiger partial charge >= 0.3 is 0 Å². The number of hydrogen-bond acceptors (Lipinski definition) is 3. The molecule has 0 bridgehead atoms. The molecule has 1 aromatic carbocycles. The van der Waals surface area contributed by atoms with Gasteiger partial charge in [-0.3, -0.25) is 0 Å². The van der Waals surface area contributed by atoms with Crippen molar-refractivity contribution in [1.82, 2.24) is 0 Å². The van der Waals surface area contributed by atoms with Crippen LogP contribution in [0.3, 0.4) is 0 Å². The van der Waals surface area contributed by atoms with E-state index in [9.17, 15) is 0 Å². The minimum Gasteiger partial charge on any atom is -0.382 e. The van der Waals surface area contributed by atoms with Gasteiger partial charge in [-0.25, -0.2) is 0 Å². The minimum atomic E-state index is 0.531. The summed E-state index contributed by atoms with van der Waals surface area (Å²) in [7, 11) is 0. The van der Waals surface area contributed by atoms with E-state index in [1.165, 1.54) is 22.5 Å². The number of anilines is 1. The summed E-state index contributed by atoms with van der Waals surface area (Å²) in [6, 6.07) is 13.4. The van der Waals surface area contributed by atoms with Gasteiger partial charge in [0.15, 0.2) is 0 Å². The molecule has 0 amide bonds. The van der Waals surface area contributed by atoms with Gasteiger partial charge in [-0.1, -0.05) is 24.3 Å². The first kappa shape index (κ1) is 12.7. The molecule has 1 aliphatic rings. The second-order valence-corrected chi connectivity index (χ2v) is 5.86. The third kappa shape index (κ3) is 3.17. The van der Waals surface area contributed by atoms with E-state index in [-0.39, 0.29) is 0 Å². The molecule has 1 aliphatic heterocycles. The van der Waals surface area contributed by atoms with Crippen molar-refractivity contribution in [3.05, 3.63) is 41.8 Å². The van der Waals surface area contributed by atoms with Gasteiger partial charge in [-0.15, -0.1) is 11.3 Å². The monoisotopic (exact) mass is 273 g/mol. The molecule has 2 nitrogen and oxygen atoms in total. The third-order valence-electron chi connectivity index (χ3n) is 3.53. The molecule has 0 saturated carbocycles. The van der Waals surface area contributed by atoms with Gasteiger partial charge in [0, 0.05) is 35.4 Å². The van der Waals surface area contributed by atoms with Crippen LogP contribution in [0.15, 0.2) is 41.8 Å². The van der Waals surface area contributed by atoms with E-state index in [0.29, 0.717) is 6.04 Å². The number of rotatable bonds is 3. The fraction of sp³-hybridized carbons (Fsp3) is 0.375. The molecule has 1 unspecified atom stereocenters. The normalized spacial score (nSPS) is 19.9. The summed E-state index contributed by atoms with van der Waals surface area (Å²) < 4.78 is 5.53.